The van der Waals surface area contributed by atoms with Crippen molar-refractivity contribution in [1.82, 2.24) is 5.32 Å². The standard InChI is InChI=1S/C17H35NO3/c1-15(2)18-14-17(8-6-16(3)7-9-17)21-13-12-20-11-5-10-19-4/h15-16,18H,5-14H2,1-4H3. The first-order valence-electron chi connectivity index (χ1n) is 8.52. The Kier molecular flexibility index (Phi) is 9.49. The van der Waals surface area contributed by atoms with Crippen molar-refractivity contribution < 1.29 is 14.2 Å². The molecule has 1 aliphatic rings. The molecule has 0 heterocycles. The fourth-order valence-corrected chi connectivity index (χ4v) is 2.77. The van der Waals surface area contributed by atoms with E-state index < -0.39 is 0 Å². The van der Waals surface area contributed by atoms with Gasteiger partial charge in [-0.05, 0) is 38.0 Å². The highest BCUT2D eigenvalue weighted by Crippen LogP contribution is 2.34. The molecule has 4 heteroatoms. The second-order valence-electron chi connectivity index (χ2n) is 6.71. The Labute approximate surface area is 130 Å². The Hall–Kier alpha value is -0.160. The summed E-state index contributed by atoms with van der Waals surface area (Å²) in [6.45, 7) is 10.6. The molecule has 1 saturated carbocycles. The van der Waals surface area contributed by atoms with Crippen LogP contribution in [0.4, 0.5) is 0 Å². The van der Waals surface area contributed by atoms with E-state index in [1.807, 2.05) is 0 Å². The van der Waals surface area contributed by atoms with Gasteiger partial charge in [-0.3, -0.25) is 0 Å². The van der Waals surface area contributed by atoms with Crippen LogP contribution in [0.3, 0.4) is 0 Å². The first kappa shape index (κ1) is 18.9. The molecule has 0 atom stereocenters. The van der Waals surface area contributed by atoms with Crippen molar-refractivity contribution in [2.45, 2.75) is 64.5 Å². The normalized spacial score (nSPS) is 26.4. The summed E-state index contributed by atoms with van der Waals surface area (Å²) in [7, 11) is 1.72. The van der Waals surface area contributed by atoms with Gasteiger partial charge in [-0.2, -0.15) is 0 Å². The SMILES string of the molecule is COCCCOCCOC1(CNC(C)C)CCC(C)CC1. The molecule has 0 unspecified atom stereocenters. The van der Waals surface area contributed by atoms with Crippen molar-refractivity contribution in [2.75, 3.05) is 40.1 Å². The number of methoxy groups -OCH3 is 1. The van der Waals surface area contributed by atoms with Gasteiger partial charge in [0.15, 0.2) is 0 Å². The topological polar surface area (TPSA) is 39.7 Å². The van der Waals surface area contributed by atoms with Crippen LogP contribution in [-0.4, -0.2) is 51.7 Å². The molecular weight excluding hydrogens is 266 g/mol. The van der Waals surface area contributed by atoms with Crippen LogP contribution in [0.5, 0.6) is 0 Å². The number of hydrogen-bond acceptors (Lipinski definition) is 4. The second-order valence-corrected chi connectivity index (χ2v) is 6.71. The van der Waals surface area contributed by atoms with Crippen LogP contribution in [0.25, 0.3) is 0 Å². The van der Waals surface area contributed by atoms with Crippen LogP contribution in [0, 0.1) is 5.92 Å². The maximum atomic E-state index is 6.26. The van der Waals surface area contributed by atoms with Gasteiger partial charge in [0.05, 0.1) is 18.8 Å². The summed E-state index contributed by atoms with van der Waals surface area (Å²) in [5.74, 6) is 0.839. The number of nitrogens with one attached hydrogen (secondary N) is 1. The predicted octanol–water partition coefficient (Wildman–Crippen LogP) is 3.00. The Morgan fingerprint density at radius 1 is 1.10 bits per heavy atom. The molecule has 0 aromatic rings. The van der Waals surface area contributed by atoms with Gasteiger partial charge in [0, 0.05) is 32.9 Å². The molecule has 4 nitrogen and oxygen atoms in total. The summed E-state index contributed by atoms with van der Waals surface area (Å²) in [4.78, 5) is 0. The predicted molar refractivity (Wildman–Crippen MR) is 86.8 cm³/mol. The number of hydrogen-bond donors (Lipinski definition) is 1. The van der Waals surface area contributed by atoms with Gasteiger partial charge in [0.1, 0.15) is 0 Å². The third-order valence-electron chi connectivity index (χ3n) is 4.29. The first-order chi connectivity index (χ1) is 10.1. The third-order valence-corrected chi connectivity index (χ3v) is 4.29. The van der Waals surface area contributed by atoms with Crippen molar-refractivity contribution in [1.29, 1.82) is 0 Å². The van der Waals surface area contributed by atoms with Crippen LogP contribution in [0.15, 0.2) is 0 Å². The fraction of sp³-hybridized carbons (Fsp3) is 1.00. The summed E-state index contributed by atoms with van der Waals surface area (Å²) in [6, 6.07) is 0.509. The van der Waals surface area contributed by atoms with E-state index in [4.69, 9.17) is 14.2 Å². The maximum absolute atomic E-state index is 6.26. The van der Waals surface area contributed by atoms with Crippen LogP contribution in [0.2, 0.25) is 0 Å². The Morgan fingerprint density at radius 3 is 2.43 bits per heavy atom. The molecule has 1 fully saturated rings. The third kappa shape index (κ3) is 8.15. The van der Waals surface area contributed by atoms with E-state index in [0.29, 0.717) is 19.3 Å². The van der Waals surface area contributed by atoms with Gasteiger partial charge in [0.2, 0.25) is 0 Å². The minimum atomic E-state index is 0.0205. The van der Waals surface area contributed by atoms with E-state index >= 15 is 0 Å². The molecule has 1 aliphatic carbocycles. The lowest BCUT2D eigenvalue weighted by Crippen LogP contribution is -2.48. The van der Waals surface area contributed by atoms with E-state index in [2.05, 4.69) is 26.1 Å². The van der Waals surface area contributed by atoms with Crippen LogP contribution >= 0.6 is 0 Å². The van der Waals surface area contributed by atoms with Crippen molar-refractivity contribution >= 4 is 0 Å². The van der Waals surface area contributed by atoms with Crippen LogP contribution < -0.4 is 5.32 Å². The molecule has 1 rings (SSSR count). The van der Waals surface area contributed by atoms with Gasteiger partial charge in [-0.25, -0.2) is 0 Å². The highest BCUT2D eigenvalue weighted by atomic mass is 16.5. The zero-order valence-electron chi connectivity index (χ0n) is 14.5. The highest BCUT2D eigenvalue weighted by Gasteiger charge is 2.34. The smallest absolute Gasteiger partial charge is 0.0807 e. The molecule has 0 aliphatic heterocycles. The van der Waals surface area contributed by atoms with Crippen LogP contribution in [-0.2, 0) is 14.2 Å². The second kappa shape index (κ2) is 10.5. The lowest BCUT2D eigenvalue weighted by Gasteiger charge is -2.40. The molecule has 0 aromatic heterocycles. The maximum Gasteiger partial charge on any atom is 0.0807 e. The zero-order chi connectivity index (χ0) is 15.6. The molecule has 0 radical (unpaired) electrons. The van der Waals surface area contributed by atoms with E-state index in [0.717, 1.165) is 44.9 Å². The fourth-order valence-electron chi connectivity index (χ4n) is 2.77. The van der Waals surface area contributed by atoms with Gasteiger partial charge in [-0.15, -0.1) is 0 Å². The Morgan fingerprint density at radius 2 is 1.81 bits per heavy atom. The minimum Gasteiger partial charge on any atom is -0.385 e. The minimum absolute atomic E-state index is 0.0205. The summed E-state index contributed by atoms with van der Waals surface area (Å²) in [5, 5.41) is 3.56. The lowest BCUT2D eigenvalue weighted by atomic mass is 9.79. The number of rotatable bonds is 11. The molecule has 0 spiro atoms. The van der Waals surface area contributed by atoms with Crippen molar-refractivity contribution in [3.8, 4) is 0 Å². The summed E-state index contributed by atoms with van der Waals surface area (Å²) >= 11 is 0. The monoisotopic (exact) mass is 301 g/mol. The molecule has 0 bridgehead atoms. The molecule has 0 amide bonds. The average molecular weight is 301 g/mol. The molecule has 0 saturated heterocycles. The quantitative estimate of drug-likeness (QED) is 0.596. The van der Waals surface area contributed by atoms with E-state index in [1.54, 1.807) is 7.11 Å². The molecular formula is C17H35NO3. The van der Waals surface area contributed by atoms with Crippen LogP contribution in [0.1, 0.15) is 52.9 Å². The highest BCUT2D eigenvalue weighted by molar-refractivity contribution is 4.89. The molecule has 1 N–H and O–H groups in total. The van der Waals surface area contributed by atoms with E-state index in [9.17, 15) is 0 Å². The average Bonchev–Trinajstić information content (AvgIpc) is 2.47. The Balaban J connectivity index is 2.25. The number of ether oxygens (including phenoxy) is 3. The zero-order valence-corrected chi connectivity index (χ0v) is 14.5. The summed E-state index contributed by atoms with van der Waals surface area (Å²) < 4.78 is 16.9. The van der Waals surface area contributed by atoms with Gasteiger partial charge >= 0.3 is 0 Å². The lowest BCUT2D eigenvalue weighted by molar-refractivity contribution is -0.0929. The van der Waals surface area contributed by atoms with Gasteiger partial charge in [-0.1, -0.05) is 20.8 Å². The van der Waals surface area contributed by atoms with Gasteiger partial charge < -0.3 is 19.5 Å². The van der Waals surface area contributed by atoms with E-state index in [-0.39, 0.29) is 5.60 Å². The summed E-state index contributed by atoms with van der Waals surface area (Å²) in [5.41, 5.74) is 0.0205. The molecule has 126 valence electrons. The van der Waals surface area contributed by atoms with E-state index in [1.165, 1.54) is 12.8 Å². The van der Waals surface area contributed by atoms with Gasteiger partial charge in [0.25, 0.3) is 0 Å². The Bertz CT molecular complexity index is 250. The largest absolute Gasteiger partial charge is 0.385 e. The van der Waals surface area contributed by atoms with Crippen molar-refractivity contribution in [3.05, 3.63) is 0 Å². The molecule has 0 aromatic carbocycles. The molecule has 21 heavy (non-hydrogen) atoms. The van der Waals surface area contributed by atoms with Crippen molar-refractivity contribution in [3.63, 3.8) is 0 Å². The summed E-state index contributed by atoms with van der Waals surface area (Å²) in [6.07, 6.45) is 5.83. The van der Waals surface area contributed by atoms with Crippen molar-refractivity contribution in [2.24, 2.45) is 5.92 Å². The first-order valence-corrected chi connectivity index (χ1v) is 8.52.